The van der Waals surface area contributed by atoms with Gasteiger partial charge < -0.3 is 9.64 Å². The second-order valence-corrected chi connectivity index (χ2v) is 5.96. The average Bonchev–Trinajstić information content (AvgIpc) is 2.91. The van der Waals surface area contributed by atoms with Crippen molar-refractivity contribution in [2.24, 2.45) is 0 Å². The number of carbonyl (C=O) groups excluding carboxylic acids is 2. The zero-order valence-electron chi connectivity index (χ0n) is 13.9. The third-order valence-electron chi connectivity index (χ3n) is 4.46. The number of amides is 1. The number of hydrogen-bond acceptors (Lipinski definition) is 3. The summed E-state index contributed by atoms with van der Waals surface area (Å²) in [5.74, 6) is -0.398. The van der Waals surface area contributed by atoms with Crippen LogP contribution >= 0.6 is 0 Å². The number of carbonyl (C=O) groups is 2. The first-order chi connectivity index (χ1) is 12.2. The molecule has 0 unspecified atom stereocenters. The molecule has 0 aliphatic carbocycles. The van der Waals surface area contributed by atoms with Gasteiger partial charge in [0.25, 0.3) is 5.91 Å². The molecule has 3 aromatic carbocycles. The summed E-state index contributed by atoms with van der Waals surface area (Å²) in [6.45, 7) is 2.60. The van der Waals surface area contributed by atoms with E-state index in [4.69, 9.17) is 4.74 Å². The summed E-state index contributed by atoms with van der Waals surface area (Å²) >= 11 is 0. The van der Waals surface area contributed by atoms with Crippen molar-refractivity contribution in [3.8, 4) is 0 Å². The fourth-order valence-corrected chi connectivity index (χ4v) is 3.36. The molecule has 25 heavy (non-hydrogen) atoms. The molecule has 4 nitrogen and oxygen atoms in total. The second-order valence-electron chi connectivity index (χ2n) is 5.96. The molecule has 4 heteroatoms. The highest BCUT2D eigenvalue weighted by molar-refractivity contribution is 6.27. The van der Waals surface area contributed by atoms with Crippen molar-refractivity contribution in [3.63, 3.8) is 0 Å². The minimum absolute atomic E-state index is 0.0366. The largest absolute Gasteiger partial charge is 0.462 e. The van der Waals surface area contributed by atoms with Crippen LogP contribution in [0, 0.1) is 0 Å². The van der Waals surface area contributed by atoms with Crippen LogP contribution in [0.15, 0.2) is 60.7 Å². The van der Waals surface area contributed by atoms with E-state index in [0.717, 1.165) is 22.0 Å². The number of esters is 1. The third kappa shape index (κ3) is 2.47. The van der Waals surface area contributed by atoms with Crippen LogP contribution in [0.4, 0.5) is 5.69 Å². The zero-order chi connectivity index (χ0) is 17.4. The Bertz CT molecular complexity index is 979. The van der Waals surface area contributed by atoms with E-state index < -0.39 is 0 Å². The summed E-state index contributed by atoms with van der Waals surface area (Å²) in [5.41, 5.74) is 3.03. The summed E-state index contributed by atoms with van der Waals surface area (Å²) < 4.78 is 5.15. The van der Waals surface area contributed by atoms with Crippen LogP contribution in [0.5, 0.6) is 0 Å². The van der Waals surface area contributed by atoms with Crippen molar-refractivity contribution in [2.45, 2.75) is 13.5 Å². The van der Waals surface area contributed by atoms with Gasteiger partial charge in [0.2, 0.25) is 0 Å². The normalized spacial score (nSPS) is 12.7. The van der Waals surface area contributed by atoms with Crippen molar-refractivity contribution in [3.05, 3.63) is 77.4 Å². The number of rotatable bonds is 4. The van der Waals surface area contributed by atoms with Gasteiger partial charge in [-0.2, -0.15) is 0 Å². The molecule has 0 saturated carbocycles. The van der Waals surface area contributed by atoms with Gasteiger partial charge >= 0.3 is 5.97 Å². The van der Waals surface area contributed by atoms with Crippen molar-refractivity contribution in [2.75, 3.05) is 11.5 Å². The minimum atomic E-state index is -0.361. The summed E-state index contributed by atoms with van der Waals surface area (Å²) in [6.07, 6.45) is 0. The molecule has 0 aromatic heterocycles. The molecule has 0 atom stereocenters. The predicted octanol–water partition coefficient (Wildman–Crippen LogP) is 4.18. The van der Waals surface area contributed by atoms with Crippen LogP contribution < -0.4 is 4.90 Å². The van der Waals surface area contributed by atoms with E-state index in [2.05, 4.69) is 0 Å². The Morgan fingerprint density at radius 1 is 1.00 bits per heavy atom. The standard InChI is InChI=1S/C21H17NO3/c1-2-25-21(24)16-11-12-18-19-15(16)9-6-10-17(19)20(23)22(18)13-14-7-4-3-5-8-14/h3-12H,2,13H2,1H3. The van der Waals surface area contributed by atoms with Crippen LogP contribution in [-0.2, 0) is 11.3 Å². The summed E-state index contributed by atoms with van der Waals surface area (Å²) in [5, 5.41) is 1.59. The lowest BCUT2D eigenvalue weighted by Gasteiger charge is -2.18. The quantitative estimate of drug-likeness (QED) is 0.674. The third-order valence-corrected chi connectivity index (χ3v) is 4.46. The molecule has 124 valence electrons. The van der Waals surface area contributed by atoms with E-state index in [9.17, 15) is 9.59 Å². The summed E-state index contributed by atoms with van der Waals surface area (Å²) in [4.78, 5) is 26.9. The molecule has 0 radical (unpaired) electrons. The van der Waals surface area contributed by atoms with Crippen molar-refractivity contribution in [1.29, 1.82) is 0 Å². The molecule has 0 N–H and O–H groups in total. The highest BCUT2D eigenvalue weighted by Crippen LogP contribution is 2.39. The smallest absolute Gasteiger partial charge is 0.338 e. The Kier molecular flexibility index (Phi) is 3.73. The lowest BCUT2D eigenvalue weighted by Crippen LogP contribution is -2.25. The molecule has 4 rings (SSSR count). The van der Waals surface area contributed by atoms with Gasteiger partial charge in [0.1, 0.15) is 0 Å². The molecule has 1 aliphatic heterocycles. The molecule has 1 amide bonds. The first-order valence-electron chi connectivity index (χ1n) is 8.29. The van der Waals surface area contributed by atoms with Gasteiger partial charge in [-0.05, 0) is 36.1 Å². The maximum Gasteiger partial charge on any atom is 0.338 e. The first kappa shape index (κ1) is 15.4. The van der Waals surface area contributed by atoms with Crippen molar-refractivity contribution >= 4 is 28.3 Å². The van der Waals surface area contributed by atoms with Gasteiger partial charge in [0, 0.05) is 10.9 Å². The average molecular weight is 331 g/mol. The van der Waals surface area contributed by atoms with E-state index in [1.807, 2.05) is 54.6 Å². The van der Waals surface area contributed by atoms with Crippen molar-refractivity contribution in [1.82, 2.24) is 0 Å². The highest BCUT2D eigenvalue weighted by atomic mass is 16.5. The van der Waals surface area contributed by atoms with Gasteiger partial charge in [-0.15, -0.1) is 0 Å². The van der Waals surface area contributed by atoms with Crippen LogP contribution in [0.2, 0.25) is 0 Å². The number of hydrogen-bond donors (Lipinski definition) is 0. The molecule has 0 spiro atoms. The van der Waals surface area contributed by atoms with Crippen LogP contribution in [0.1, 0.15) is 33.2 Å². The van der Waals surface area contributed by atoms with Gasteiger partial charge in [-0.1, -0.05) is 42.5 Å². The second kappa shape index (κ2) is 6.06. The first-order valence-corrected chi connectivity index (χ1v) is 8.29. The molecular weight excluding hydrogens is 314 g/mol. The lowest BCUT2D eigenvalue weighted by molar-refractivity contribution is 0.0528. The molecule has 0 saturated heterocycles. The number of nitrogens with zero attached hydrogens (tertiary/aromatic N) is 1. The van der Waals surface area contributed by atoms with Crippen LogP contribution in [0.25, 0.3) is 10.8 Å². The molecule has 0 bridgehead atoms. The Labute approximate surface area is 145 Å². The van der Waals surface area contributed by atoms with Crippen LogP contribution in [0.3, 0.4) is 0 Å². The van der Waals surface area contributed by atoms with Crippen LogP contribution in [-0.4, -0.2) is 18.5 Å². The molecule has 3 aromatic rings. The topological polar surface area (TPSA) is 46.6 Å². The monoisotopic (exact) mass is 331 g/mol. The maximum atomic E-state index is 12.9. The lowest BCUT2D eigenvalue weighted by atomic mass is 10.0. The predicted molar refractivity (Wildman–Crippen MR) is 96.9 cm³/mol. The SMILES string of the molecule is CCOC(=O)c1ccc2c3c(cccc13)C(=O)N2Cc1ccccc1. The Morgan fingerprint density at radius 2 is 1.80 bits per heavy atom. The Balaban J connectivity index is 1.83. The van der Waals surface area contributed by atoms with E-state index >= 15 is 0 Å². The molecular formula is C21H17NO3. The Morgan fingerprint density at radius 3 is 2.56 bits per heavy atom. The van der Waals surface area contributed by atoms with Gasteiger partial charge in [0.15, 0.2) is 0 Å². The van der Waals surface area contributed by atoms with Gasteiger partial charge in [-0.25, -0.2) is 4.79 Å². The summed E-state index contributed by atoms with van der Waals surface area (Å²) in [6, 6.07) is 19.0. The van der Waals surface area contributed by atoms with E-state index in [1.165, 1.54) is 0 Å². The summed E-state index contributed by atoms with van der Waals surface area (Å²) in [7, 11) is 0. The fraction of sp³-hybridized carbons (Fsp3) is 0.143. The number of benzene rings is 3. The van der Waals surface area contributed by atoms with Gasteiger partial charge in [0.05, 0.1) is 24.4 Å². The molecule has 1 heterocycles. The fourth-order valence-electron chi connectivity index (χ4n) is 3.36. The Hall–Kier alpha value is -3.14. The number of anilines is 1. The van der Waals surface area contributed by atoms with Crippen molar-refractivity contribution < 1.29 is 14.3 Å². The highest BCUT2D eigenvalue weighted by Gasteiger charge is 2.31. The maximum absolute atomic E-state index is 12.9. The van der Waals surface area contributed by atoms with E-state index in [1.54, 1.807) is 17.9 Å². The van der Waals surface area contributed by atoms with E-state index in [0.29, 0.717) is 24.3 Å². The molecule has 1 aliphatic rings. The van der Waals surface area contributed by atoms with Gasteiger partial charge in [-0.3, -0.25) is 4.79 Å². The zero-order valence-corrected chi connectivity index (χ0v) is 13.9. The minimum Gasteiger partial charge on any atom is -0.462 e. The van der Waals surface area contributed by atoms with E-state index in [-0.39, 0.29) is 11.9 Å². The number of ether oxygens (including phenoxy) is 1. The molecule has 0 fully saturated rings.